The average molecular weight is 272 g/mol. The van der Waals surface area contributed by atoms with E-state index in [1.54, 1.807) is 12.1 Å². The second kappa shape index (κ2) is 5.00. The third-order valence-electron chi connectivity index (χ3n) is 2.30. The number of halogens is 3. The molecule has 5 heteroatoms. The standard InChI is InChI=1S/C12H8Cl2FNO/c13-7-3-4-8(10(15)6-7)12(17)11-9(14)2-1-5-16-11/h1-6,12,17H. The Morgan fingerprint density at radius 1 is 1.24 bits per heavy atom. The van der Waals surface area contributed by atoms with Crippen molar-refractivity contribution in [3.63, 3.8) is 0 Å². The lowest BCUT2D eigenvalue weighted by atomic mass is 10.1. The molecule has 88 valence electrons. The second-order valence-corrected chi connectivity index (χ2v) is 4.28. The van der Waals surface area contributed by atoms with Crippen LogP contribution < -0.4 is 0 Å². The molecule has 0 saturated carbocycles. The van der Waals surface area contributed by atoms with E-state index in [2.05, 4.69) is 4.98 Å². The summed E-state index contributed by atoms with van der Waals surface area (Å²) in [7, 11) is 0. The van der Waals surface area contributed by atoms with E-state index in [1.807, 2.05) is 0 Å². The second-order valence-electron chi connectivity index (χ2n) is 3.44. The van der Waals surface area contributed by atoms with E-state index >= 15 is 0 Å². The number of aliphatic hydroxyl groups excluding tert-OH is 1. The highest BCUT2D eigenvalue weighted by atomic mass is 35.5. The predicted molar refractivity (Wildman–Crippen MR) is 64.7 cm³/mol. The summed E-state index contributed by atoms with van der Waals surface area (Å²) in [6.45, 7) is 0. The number of hydrogen-bond donors (Lipinski definition) is 1. The van der Waals surface area contributed by atoms with Crippen LogP contribution in [-0.2, 0) is 0 Å². The van der Waals surface area contributed by atoms with Crippen molar-refractivity contribution in [2.24, 2.45) is 0 Å². The van der Waals surface area contributed by atoms with Crippen molar-refractivity contribution < 1.29 is 9.50 Å². The number of pyridine rings is 1. The Kier molecular flexibility index (Phi) is 3.62. The first-order chi connectivity index (χ1) is 8.09. The first-order valence-corrected chi connectivity index (χ1v) is 5.58. The summed E-state index contributed by atoms with van der Waals surface area (Å²) >= 11 is 11.5. The maximum atomic E-state index is 13.6. The van der Waals surface area contributed by atoms with Gasteiger partial charge in [-0.25, -0.2) is 4.39 Å². The minimum atomic E-state index is -1.21. The quantitative estimate of drug-likeness (QED) is 0.905. The van der Waals surface area contributed by atoms with E-state index in [1.165, 1.54) is 18.3 Å². The fraction of sp³-hybridized carbons (Fsp3) is 0.0833. The fourth-order valence-corrected chi connectivity index (χ4v) is 1.85. The van der Waals surface area contributed by atoms with E-state index in [9.17, 15) is 9.50 Å². The number of nitrogens with zero attached hydrogens (tertiary/aromatic N) is 1. The molecule has 0 bridgehead atoms. The van der Waals surface area contributed by atoms with E-state index < -0.39 is 11.9 Å². The summed E-state index contributed by atoms with van der Waals surface area (Å²) in [6, 6.07) is 7.27. The summed E-state index contributed by atoms with van der Waals surface area (Å²) in [6.07, 6.45) is 0.277. The average Bonchev–Trinajstić information content (AvgIpc) is 2.29. The number of hydrogen-bond acceptors (Lipinski definition) is 2. The molecule has 0 radical (unpaired) electrons. The highest BCUT2D eigenvalue weighted by Crippen LogP contribution is 2.28. The molecule has 0 saturated heterocycles. The minimum Gasteiger partial charge on any atom is -0.382 e. The van der Waals surface area contributed by atoms with Crippen molar-refractivity contribution >= 4 is 23.2 Å². The molecule has 0 amide bonds. The van der Waals surface area contributed by atoms with Crippen LogP contribution in [0.3, 0.4) is 0 Å². The van der Waals surface area contributed by atoms with Gasteiger partial charge in [0.25, 0.3) is 0 Å². The van der Waals surface area contributed by atoms with Gasteiger partial charge in [-0.2, -0.15) is 0 Å². The monoisotopic (exact) mass is 271 g/mol. The van der Waals surface area contributed by atoms with Crippen LogP contribution in [0.25, 0.3) is 0 Å². The maximum Gasteiger partial charge on any atom is 0.130 e. The van der Waals surface area contributed by atoms with Crippen LogP contribution in [0, 0.1) is 5.82 Å². The maximum absolute atomic E-state index is 13.6. The third kappa shape index (κ3) is 2.57. The molecule has 17 heavy (non-hydrogen) atoms. The molecule has 1 heterocycles. The van der Waals surface area contributed by atoms with Crippen LogP contribution in [-0.4, -0.2) is 10.1 Å². The number of aromatic nitrogens is 1. The highest BCUT2D eigenvalue weighted by molar-refractivity contribution is 6.31. The van der Waals surface area contributed by atoms with Crippen molar-refractivity contribution in [2.75, 3.05) is 0 Å². The first kappa shape index (κ1) is 12.3. The Morgan fingerprint density at radius 3 is 2.65 bits per heavy atom. The van der Waals surface area contributed by atoms with Gasteiger partial charge >= 0.3 is 0 Å². The molecular formula is C12H8Cl2FNO. The summed E-state index contributed by atoms with van der Waals surface area (Å²) in [5, 5.41) is 10.6. The molecule has 0 aliphatic heterocycles. The van der Waals surface area contributed by atoms with Gasteiger partial charge in [-0.1, -0.05) is 29.3 Å². The molecule has 1 aromatic carbocycles. The third-order valence-corrected chi connectivity index (χ3v) is 2.86. The molecule has 0 aliphatic rings. The molecule has 2 rings (SSSR count). The van der Waals surface area contributed by atoms with Crippen molar-refractivity contribution in [1.29, 1.82) is 0 Å². The van der Waals surface area contributed by atoms with E-state index in [-0.39, 0.29) is 21.3 Å². The van der Waals surface area contributed by atoms with Gasteiger partial charge in [0, 0.05) is 16.8 Å². The molecule has 1 N–H and O–H groups in total. The lowest BCUT2D eigenvalue weighted by Gasteiger charge is -2.12. The van der Waals surface area contributed by atoms with E-state index in [0.717, 1.165) is 6.07 Å². The molecule has 2 aromatic rings. The molecule has 1 unspecified atom stereocenters. The van der Waals surface area contributed by atoms with Gasteiger partial charge in [0.1, 0.15) is 11.9 Å². The number of benzene rings is 1. The van der Waals surface area contributed by atoms with E-state index in [0.29, 0.717) is 0 Å². The van der Waals surface area contributed by atoms with Crippen molar-refractivity contribution in [3.05, 3.63) is 63.6 Å². The summed E-state index contributed by atoms with van der Waals surface area (Å²) in [5.41, 5.74) is 0.311. The molecule has 0 fully saturated rings. The molecule has 1 atom stereocenters. The SMILES string of the molecule is OC(c1ccc(Cl)cc1F)c1ncccc1Cl. The van der Waals surface area contributed by atoms with Gasteiger partial charge in [-0.3, -0.25) is 4.98 Å². The number of aliphatic hydroxyl groups is 1. The zero-order chi connectivity index (χ0) is 12.4. The summed E-state index contributed by atoms with van der Waals surface area (Å²) in [4.78, 5) is 3.94. The minimum absolute atomic E-state index is 0.0926. The number of rotatable bonds is 2. The highest BCUT2D eigenvalue weighted by Gasteiger charge is 2.18. The van der Waals surface area contributed by atoms with E-state index in [4.69, 9.17) is 23.2 Å². The molecule has 2 nitrogen and oxygen atoms in total. The van der Waals surface area contributed by atoms with Gasteiger partial charge in [0.2, 0.25) is 0 Å². The van der Waals surface area contributed by atoms with Crippen LogP contribution in [0.15, 0.2) is 36.5 Å². The predicted octanol–water partition coefficient (Wildman–Crippen LogP) is 3.61. The van der Waals surface area contributed by atoms with Gasteiger partial charge in [0.05, 0.1) is 10.7 Å². The van der Waals surface area contributed by atoms with Crippen LogP contribution in [0.2, 0.25) is 10.0 Å². The van der Waals surface area contributed by atoms with Crippen LogP contribution in [0.4, 0.5) is 4.39 Å². The Balaban J connectivity index is 2.44. The Hall–Kier alpha value is -1.16. The lowest BCUT2D eigenvalue weighted by Crippen LogP contribution is -2.05. The smallest absolute Gasteiger partial charge is 0.130 e. The van der Waals surface area contributed by atoms with Crippen molar-refractivity contribution in [1.82, 2.24) is 4.98 Å². The normalized spacial score (nSPS) is 12.5. The van der Waals surface area contributed by atoms with Gasteiger partial charge in [-0.05, 0) is 24.3 Å². The Bertz CT molecular complexity index is 548. The van der Waals surface area contributed by atoms with Crippen LogP contribution in [0.5, 0.6) is 0 Å². The fourth-order valence-electron chi connectivity index (χ4n) is 1.47. The van der Waals surface area contributed by atoms with Crippen molar-refractivity contribution in [3.8, 4) is 0 Å². The first-order valence-electron chi connectivity index (χ1n) is 4.83. The van der Waals surface area contributed by atoms with Gasteiger partial charge < -0.3 is 5.11 Å². The van der Waals surface area contributed by atoms with Crippen LogP contribution in [0.1, 0.15) is 17.4 Å². The zero-order valence-electron chi connectivity index (χ0n) is 8.57. The molecule has 0 aliphatic carbocycles. The molecule has 1 aromatic heterocycles. The summed E-state index contributed by atoms with van der Waals surface area (Å²) in [5.74, 6) is -0.591. The van der Waals surface area contributed by atoms with Gasteiger partial charge in [-0.15, -0.1) is 0 Å². The Labute approximate surface area is 108 Å². The van der Waals surface area contributed by atoms with Gasteiger partial charge in [0.15, 0.2) is 0 Å². The topological polar surface area (TPSA) is 33.1 Å². The lowest BCUT2D eigenvalue weighted by molar-refractivity contribution is 0.210. The van der Waals surface area contributed by atoms with Crippen molar-refractivity contribution in [2.45, 2.75) is 6.10 Å². The summed E-state index contributed by atoms with van der Waals surface area (Å²) < 4.78 is 13.6. The molecule has 0 spiro atoms. The zero-order valence-corrected chi connectivity index (χ0v) is 10.1. The largest absolute Gasteiger partial charge is 0.382 e. The molecular weight excluding hydrogens is 264 g/mol. The van der Waals surface area contributed by atoms with Crippen LogP contribution >= 0.6 is 23.2 Å². The Morgan fingerprint density at radius 2 is 2.00 bits per heavy atom.